The first-order valence-corrected chi connectivity index (χ1v) is 7.33. The molecule has 2 heterocycles. The first-order valence-electron chi connectivity index (χ1n) is 6.95. The van der Waals surface area contributed by atoms with Crippen LogP contribution in [0.4, 0.5) is 0 Å². The quantitative estimate of drug-likeness (QED) is 0.786. The molecular formula is C16H17ClN2O. The maximum absolute atomic E-state index is 6.26. The number of hydrogen-bond acceptors (Lipinski definition) is 3. The van der Waals surface area contributed by atoms with Gasteiger partial charge in [0.05, 0.1) is 12.5 Å². The molecule has 3 rings (SSSR count). The Balaban J connectivity index is 2.09. The highest BCUT2D eigenvalue weighted by atomic mass is 35.5. The molecule has 1 unspecified atom stereocenters. The Kier molecular flexibility index (Phi) is 3.62. The second kappa shape index (κ2) is 5.41. The summed E-state index contributed by atoms with van der Waals surface area (Å²) in [7, 11) is 0. The van der Waals surface area contributed by atoms with E-state index in [1.165, 1.54) is 0 Å². The average Bonchev–Trinajstić information content (AvgIpc) is 2.49. The molecule has 104 valence electrons. The number of rotatable bonds is 2. The van der Waals surface area contributed by atoms with Crippen LogP contribution in [0, 0.1) is 6.92 Å². The van der Waals surface area contributed by atoms with E-state index in [1.807, 2.05) is 25.1 Å². The van der Waals surface area contributed by atoms with Gasteiger partial charge in [0.1, 0.15) is 16.7 Å². The van der Waals surface area contributed by atoms with Crippen LogP contribution < -0.4 is 4.74 Å². The van der Waals surface area contributed by atoms with Crippen LogP contribution in [0.2, 0.25) is 5.15 Å². The van der Waals surface area contributed by atoms with Gasteiger partial charge in [-0.3, -0.25) is 0 Å². The number of fused-ring (bicyclic) bond motifs is 1. The minimum atomic E-state index is 0.170. The Morgan fingerprint density at radius 1 is 1.30 bits per heavy atom. The number of aryl methyl sites for hydroxylation is 1. The fraction of sp³-hybridized carbons (Fsp3) is 0.375. The maximum atomic E-state index is 6.26. The number of hydrogen-bond donors (Lipinski definition) is 0. The fourth-order valence-corrected chi connectivity index (χ4v) is 2.86. The molecule has 20 heavy (non-hydrogen) atoms. The number of ether oxygens (including phenoxy) is 1. The largest absolute Gasteiger partial charge is 0.493 e. The van der Waals surface area contributed by atoms with Crippen molar-refractivity contribution in [2.24, 2.45) is 0 Å². The highest BCUT2D eigenvalue weighted by Gasteiger charge is 2.26. The van der Waals surface area contributed by atoms with Gasteiger partial charge in [-0.05, 0) is 25.8 Å². The molecule has 4 heteroatoms. The topological polar surface area (TPSA) is 35.0 Å². The summed E-state index contributed by atoms with van der Waals surface area (Å²) in [4.78, 5) is 9.23. The summed E-state index contributed by atoms with van der Waals surface area (Å²) in [6.45, 7) is 4.76. The summed E-state index contributed by atoms with van der Waals surface area (Å²) in [5.41, 5.74) is 3.17. The molecule has 0 amide bonds. The number of para-hydroxylation sites is 1. The molecule has 1 atom stereocenters. The van der Waals surface area contributed by atoms with Gasteiger partial charge in [0.15, 0.2) is 0 Å². The van der Waals surface area contributed by atoms with Gasteiger partial charge in [0, 0.05) is 16.8 Å². The zero-order valence-corrected chi connectivity index (χ0v) is 12.4. The van der Waals surface area contributed by atoms with Crippen molar-refractivity contribution in [2.45, 2.75) is 32.6 Å². The SMILES string of the molecule is CCc1nc(C2CCOc3ccccc32)nc(Cl)c1C. The molecule has 1 aliphatic heterocycles. The van der Waals surface area contributed by atoms with Crippen molar-refractivity contribution in [1.82, 2.24) is 9.97 Å². The molecule has 0 radical (unpaired) electrons. The summed E-state index contributed by atoms with van der Waals surface area (Å²) in [5, 5.41) is 0.566. The van der Waals surface area contributed by atoms with Crippen LogP contribution in [0.1, 0.15) is 41.9 Å². The molecular weight excluding hydrogens is 272 g/mol. The van der Waals surface area contributed by atoms with Crippen molar-refractivity contribution in [2.75, 3.05) is 6.61 Å². The Morgan fingerprint density at radius 2 is 2.10 bits per heavy atom. The van der Waals surface area contributed by atoms with Crippen LogP contribution >= 0.6 is 11.6 Å². The van der Waals surface area contributed by atoms with Crippen LogP contribution in [0.5, 0.6) is 5.75 Å². The molecule has 0 aliphatic carbocycles. The lowest BCUT2D eigenvalue weighted by Crippen LogP contribution is -2.18. The van der Waals surface area contributed by atoms with Crippen molar-refractivity contribution >= 4 is 11.6 Å². The molecule has 1 aromatic heterocycles. The third-order valence-corrected chi connectivity index (χ3v) is 4.18. The maximum Gasteiger partial charge on any atom is 0.138 e. The van der Waals surface area contributed by atoms with Crippen LogP contribution in [-0.4, -0.2) is 16.6 Å². The molecule has 0 fully saturated rings. The zero-order chi connectivity index (χ0) is 14.1. The molecule has 1 aromatic carbocycles. The third-order valence-electron chi connectivity index (χ3n) is 3.81. The summed E-state index contributed by atoms with van der Waals surface area (Å²) < 4.78 is 5.70. The van der Waals surface area contributed by atoms with E-state index in [1.54, 1.807) is 0 Å². The van der Waals surface area contributed by atoms with E-state index in [-0.39, 0.29) is 5.92 Å². The van der Waals surface area contributed by atoms with Crippen LogP contribution in [0.15, 0.2) is 24.3 Å². The highest BCUT2D eigenvalue weighted by Crippen LogP contribution is 2.37. The predicted molar refractivity (Wildman–Crippen MR) is 79.6 cm³/mol. The molecule has 1 aliphatic rings. The lowest BCUT2D eigenvalue weighted by molar-refractivity contribution is 0.274. The van der Waals surface area contributed by atoms with Crippen molar-refractivity contribution in [3.05, 3.63) is 52.1 Å². The molecule has 0 saturated heterocycles. The molecule has 0 N–H and O–H groups in total. The number of aromatic nitrogens is 2. The van der Waals surface area contributed by atoms with Gasteiger partial charge in [-0.2, -0.15) is 0 Å². The smallest absolute Gasteiger partial charge is 0.138 e. The Morgan fingerprint density at radius 3 is 2.90 bits per heavy atom. The molecule has 0 bridgehead atoms. The molecule has 2 aromatic rings. The van der Waals surface area contributed by atoms with Gasteiger partial charge in [-0.25, -0.2) is 9.97 Å². The summed E-state index contributed by atoms with van der Waals surface area (Å²) >= 11 is 6.26. The highest BCUT2D eigenvalue weighted by molar-refractivity contribution is 6.30. The van der Waals surface area contributed by atoms with Gasteiger partial charge in [0.2, 0.25) is 0 Å². The van der Waals surface area contributed by atoms with Crippen LogP contribution in [0.3, 0.4) is 0 Å². The lowest BCUT2D eigenvalue weighted by atomic mass is 9.92. The summed E-state index contributed by atoms with van der Waals surface area (Å²) in [6, 6.07) is 8.10. The van der Waals surface area contributed by atoms with Crippen molar-refractivity contribution in [1.29, 1.82) is 0 Å². The van der Waals surface area contributed by atoms with E-state index < -0.39 is 0 Å². The molecule has 0 spiro atoms. The zero-order valence-electron chi connectivity index (χ0n) is 11.7. The van der Waals surface area contributed by atoms with Gasteiger partial charge < -0.3 is 4.74 Å². The van der Waals surface area contributed by atoms with Crippen LogP contribution in [-0.2, 0) is 6.42 Å². The fourth-order valence-electron chi connectivity index (χ4n) is 2.66. The first-order chi connectivity index (χ1) is 9.70. The minimum absolute atomic E-state index is 0.170. The first kappa shape index (κ1) is 13.4. The van der Waals surface area contributed by atoms with Crippen molar-refractivity contribution in [3.8, 4) is 5.75 Å². The standard InChI is InChI=1S/C16H17ClN2O/c1-3-13-10(2)15(17)19-16(18-13)12-8-9-20-14-7-5-4-6-11(12)14/h4-7,12H,3,8-9H2,1-2H3. The van der Waals surface area contributed by atoms with E-state index in [0.29, 0.717) is 11.8 Å². The Hall–Kier alpha value is -1.61. The second-order valence-corrected chi connectivity index (χ2v) is 5.38. The van der Waals surface area contributed by atoms with Crippen molar-refractivity contribution in [3.63, 3.8) is 0 Å². The third kappa shape index (κ3) is 2.27. The lowest BCUT2D eigenvalue weighted by Gasteiger charge is -2.25. The molecule has 3 nitrogen and oxygen atoms in total. The van der Waals surface area contributed by atoms with Gasteiger partial charge in [-0.15, -0.1) is 0 Å². The minimum Gasteiger partial charge on any atom is -0.493 e. The summed E-state index contributed by atoms with van der Waals surface area (Å²) in [5.74, 6) is 1.92. The second-order valence-electron chi connectivity index (χ2n) is 5.03. The van der Waals surface area contributed by atoms with E-state index in [0.717, 1.165) is 41.2 Å². The van der Waals surface area contributed by atoms with E-state index in [2.05, 4.69) is 18.0 Å². The average molecular weight is 289 g/mol. The number of benzene rings is 1. The number of nitrogens with zero attached hydrogens (tertiary/aromatic N) is 2. The van der Waals surface area contributed by atoms with Gasteiger partial charge in [-0.1, -0.05) is 36.7 Å². The van der Waals surface area contributed by atoms with Crippen molar-refractivity contribution < 1.29 is 4.74 Å². The number of halogens is 1. The monoisotopic (exact) mass is 288 g/mol. The van der Waals surface area contributed by atoms with E-state index >= 15 is 0 Å². The molecule has 0 saturated carbocycles. The Bertz CT molecular complexity index is 642. The predicted octanol–water partition coefficient (Wildman–Crippen LogP) is 3.92. The van der Waals surface area contributed by atoms with E-state index in [4.69, 9.17) is 21.3 Å². The van der Waals surface area contributed by atoms with Crippen LogP contribution in [0.25, 0.3) is 0 Å². The summed E-state index contributed by atoms with van der Waals surface area (Å²) in [6.07, 6.45) is 1.76. The van der Waals surface area contributed by atoms with E-state index in [9.17, 15) is 0 Å². The van der Waals surface area contributed by atoms with Gasteiger partial charge in [0.25, 0.3) is 0 Å². The normalized spacial score (nSPS) is 17.4. The Labute approximate surface area is 124 Å². The van der Waals surface area contributed by atoms with Gasteiger partial charge >= 0.3 is 0 Å².